The lowest BCUT2D eigenvalue weighted by Gasteiger charge is -2.18. The highest BCUT2D eigenvalue weighted by atomic mass is 31.2. The van der Waals surface area contributed by atoms with E-state index in [9.17, 15) is 14.2 Å². The lowest BCUT2D eigenvalue weighted by molar-refractivity contribution is -0.161. The standard InChI is InChI=1S/C38H65O8P/c1-3-5-7-9-11-13-15-17-19-21-23-25-27-29-31-33-38(40)46-36(35-45-47(41,42)43)34-44-37(39)32-30-28-26-24-22-20-18-16-14-12-10-8-6-4-2/h5,7,10-13,16-19,36H,3-4,6,8-9,14-15,20-35H2,1-2H3,(H2,41,42,43)/b7-5+,12-10+,13-11+,18-16+,19-17+/t36-/m1/s1. The van der Waals surface area contributed by atoms with Gasteiger partial charge in [0.05, 0.1) is 6.61 Å². The van der Waals surface area contributed by atoms with Crippen LogP contribution in [0.25, 0.3) is 0 Å². The molecular weight excluding hydrogens is 615 g/mol. The first kappa shape index (κ1) is 44.8. The number of hydrogen-bond donors (Lipinski definition) is 2. The number of phosphoric ester groups is 1. The highest BCUT2D eigenvalue weighted by molar-refractivity contribution is 7.46. The average molecular weight is 681 g/mol. The van der Waals surface area contributed by atoms with E-state index >= 15 is 0 Å². The Labute approximate surface area is 286 Å². The van der Waals surface area contributed by atoms with Crippen LogP contribution in [0.15, 0.2) is 60.8 Å². The van der Waals surface area contributed by atoms with E-state index in [1.807, 2.05) is 0 Å². The summed E-state index contributed by atoms with van der Waals surface area (Å²) in [7, 11) is -4.76. The number of carbonyl (C=O) groups excluding carboxylic acids is 2. The summed E-state index contributed by atoms with van der Waals surface area (Å²) in [6, 6.07) is 0. The van der Waals surface area contributed by atoms with Gasteiger partial charge in [0.15, 0.2) is 6.10 Å². The second kappa shape index (κ2) is 33.6. The van der Waals surface area contributed by atoms with Gasteiger partial charge in [-0.3, -0.25) is 14.1 Å². The molecule has 1 atom stereocenters. The van der Waals surface area contributed by atoms with Crippen LogP contribution in [0.1, 0.15) is 149 Å². The Balaban J connectivity index is 4.05. The van der Waals surface area contributed by atoms with Crippen LogP contribution < -0.4 is 0 Å². The third kappa shape index (κ3) is 36.4. The summed E-state index contributed by atoms with van der Waals surface area (Å²) >= 11 is 0. The van der Waals surface area contributed by atoms with Gasteiger partial charge in [-0.05, 0) is 70.6 Å². The topological polar surface area (TPSA) is 119 Å². The molecule has 0 aliphatic rings. The minimum absolute atomic E-state index is 0.186. The number of ether oxygens (including phenoxy) is 2. The first-order valence-corrected chi connectivity index (χ1v) is 19.6. The number of hydrogen-bond acceptors (Lipinski definition) is 6. The van der Waals surface area contributed by atoms with Crippen molar-refractivity contribution >= 4 is 19.8 Å². The molecule has 0 saturated carbocycles. The van der Waals surface area contributed by atoms with E-state index < -0.39 is 32.5 Å². The molecule has 0 unspecified atom stereocenters. The molecule has 0 aromatic carbocycles. The van der Waals surface area contributed by atoms with Crippen molar-refractivity contribution in [3.05, 3.63) is 60.8 Å². The Hall–Kier alpha value is -2.25. The van der Waals surface area contributed by atoms with Crippen LogP contribution in [0.3, 0.4) is 0 Å². The molecule has 2 N–H and O–H groups in total. The van der Waals surface area contributed by atoms with Gasteiger partial charge in [0, 0.05) is 12.8 Å². The molecule has 8 nitrogen and oxygen atoms in total. The molecule has 0 spiro atoms. The number of esters is 2. The molecule has 0 aromatic rings. The van der Waals surface area contributed by atoms with Crippen molar-refractivity contribution in [3.8, 4) is 0 Å². The maximum atomic E-state index is 12.3. The van der Waals surface area contributed by atoms with E-state index in [0.717, 1.165) is 96.3 Å². The van der Waals surface area contributed by atoms with Gasteiger partial charge in [-0.15, -0.1) is 0 Å². The minimum Gasteiger partial charge on any atom is -0.462 e. The van der Waals surface area contributed by atoms with Gasteiger partial charge >= 0.3 is 19.8 Å². The van der Waals surface area contributed by atoms with Crippen molar-refractivity contribution in [1.29, 1.82) is 0 Å². The van der Waals surface area contributed by atoms with Gasteiger partial charge in [-0.25, -0.2) is 4.57 Å². The van der Waals surface area contributed by atoms with E-state index in [1.165, 1.54) is 12.8 Å². The van der Waals surface area contributed by atoms with Gasteiger partial charge in [0.25, 0.3) is 0 Å². The zero-order valence-electron chi connectivity index (χ0n) is 29.4. The van der Waals surface area contributed by atoms with Crippen LogP contribution in [-0.4, -0.2) is 41.0 Å². The summed E-state index contributed by atoms with van der Waals surface area (Å²) in [5.74, 6) is -0.928. The Morgan fingerprint density at radius 1 is 0.574 bits per heavy atom. The van der Waals surface area contributed by atoms with Crippen molar-refractivity contribution in [1.82, 2.24) is 0 Å². The predicted octanol–water partition coefficient (Wildman–Crippen LogP) is 10.6. The maximum Gasteiger partial charge on any atom is 0.469 e. The highest BCUT2D eigenvalue weighted by Crippen LogP contribution is 2.35. The van der Waals surface area contributed by atoms with Gasteiger partial charge in [0.1, 0.15) is 6.61 Å². The van der Waals surface area contributed by atoms with E-state index in [4.69, 9.17) is 19.3 Å². The van der Waals surface area contributed by atoms with Crippen LogP contribution in [-0.2, 0) is 28.2 Å². The monoisotopic (exact) mass is 680 g/mol. The first-order chi connectivity index (χ1) is 22.8. The molecule has 0 aliphatic heterocycles. The van der Waals surface area contributed by atoms with E-state index in [2.05, 4.69) is 79.1 Å². The Morgan fingerprint density at radius 3 is 1.53 bits per heavy atom. The molecule has 0 saturated heterocycles. The molecule has 0 heterocycles. The number of phosphoric acid groups is 1. The van der Waals surface area contributed by atoms with Gasteiger partial charge in [-0.2, -0.15) is 0 Å². The normalized spacial score (nSPS) is 13.2. The smallest absolute Gasteiger partial charge is 0.462 e. The second-order valence-corrected chi connectivity index (χ2v) is 13.0. The zero-order valence-corrected chi connectivity index (χ0v) is 30.3. The molecule has 0 amide bonds. The zero-order chi connectivity index (χ0) is 34.7. The number of carbonyl (C=O) groups is 2. The number of unbranched alkanes of at least 4 members (excludes halogenated alkanes) is 12. The summed E-state index contributed by atoms with van der Waals surface area (Å²) < 4.78 is 26.2. The summed E-state index contributed by atoms with van der Waals surface area (Å²) in [6.07, 6.45) is 40.8. The minimum atomic E-state index is -4.76. The lowest BCUT2D eigenvalue weighted by Crippen LogP contribution is -2.29. The quantitative estimate of drug-likeness (QED) is 0.0312. The van der Waals surface area contributed by atoms with Crippen LogP contribution in [0.4, 0.5) is 0 Å². The Bertz CT molecular complexity index is 947. The predicted molar refractivity (Wildman–Crippen MR) is 193 cm³/mol. The van der Waals surface area contributed by atoms with E-state index in [0.29, 0.717) is 12.8 Å². The molecule has 9 heteroatoms. The van der Waals surface area contributed by atoms with E-state index in [1.54, 1.807) is 0 Å². The third-order valence-corrected chi connectivity index (χ3v) is 7.76. The van der Waals surface area contributed by atoms with Gasteiger partial charge in [0.2, 0.25) is 0 Å². The number of rotatable bonds is 32. The van der Waals surface area contributed by atoms with Gasteiger partial charge in [-0.1, -0.05) is 126 Å². The third-order valence-electron chi connectivity index (χ3n) is 7.27. The fourth-order valence-corrected chi connectivity index (χ4v) is 4.94. The maximum absolute atomic E-state index is 12.3. The van der Waals surface area contributed by atoms with Crippen LogP contribution in [0.2, 0.25) is 0 Å². The fraction of sp³-hybridized carbons (Fsp3) is 0.684. The molecule has 0 aromatic heterocycles. The Kier molecular flexibility index (Phi) is 32.0. The molecule has 0 radical (unpaired) electrons. The van der Waals surface area contributed by atoms with Crippen molar-refractivity contribution in [2.75, 3.05) is 13.2 Å². The van der Waals surface area contributed by atoms with Crippen LogP contribution >= 0.6 is 7.82 Å². The van der Waals surface area contributed by atoms with Crippen LogP contribution in [0, 0.1) is 0 Å². The first-order valence-electron chi connectivity index (χ1n) is 18.1. The van der Waals surface area contributed by atoms with Crippen molar-refractivity contribution < 1.29 is 37.9 Å². The van der Waals surface area contributed by atoms with Crippen molar-refractivity contribution in [2.24, 2.45) is 0 Å². The van der Waals surface area contributed by atoms with Gasteiger partial charge < -0.3 is 19.3 Å². The molecule has 0 bridgehead atoms. The summed E-state index contributed by atoms with van der Waals surface area (Å²) in [5.41, 5.74) is 0. The second-order valence-electron chi connectivity index (χ2n) is 11.8. The van der Waals surface area contributed by atoms with Crippen molar-refractivity contribution in [2.45, 2.75) is 155 Å². The molecule has 0 aliphatic carbocycles. The van der Waals surface area contributed by atoms with E-state index in [-0.39, 0.29) is 19.4 Å². The average Bonchev–Trinajstić information content (AvgIpc) is 3.03. The molecule has 0 fully saturated rings. The molecule has 0 rings (SSSR count). The van der Waals surface area contributed by atoms with Crippen LogP contribution in [0.5, 0.6) is 0 Å². The fourth-order valence-electron chi connectivity index (χ4n) is 4.58. The highest BCUT2D eigenvalue weighted by Gasteiger charge is 2.22. The molecule has 47 heavy (non-hydrogen) atoms. The summed E-state index contributed by atoms with van der Waals surface area (Å²) in [5, 5.41) is 0. The molecule has 270 valence electrons. The largest absolute Gasteiger partial charge is 0.469 e. The number of allylic oxidation sites excluding steroid dienone is 10. The summed E-state index contributed by atoms with van der Waals surface area (Å²) in [4.78, 5) is 42.6. The van der Waals surface area contributed by atoms with Crippen molar-refractivity contribution in [3.63, 3.8) is 0 Å². The lowest BCUT2D eigenvalue weighted by atomic mass is 10.1. The molecular formula is C38H65O8P. The SMILES string of the molecule is CC/C=C/C/C=C/C/C=C/CCCCCCCC(=O)O[C@H](COC(=O)CCCCCCC/C=C/C/C=C/CCCC)COP(=O)(O)O. The Morgan fingerprint density at radius 2 is 1.02 bits per heavy atom. The summed E-state index contributed by atoms with van der Waals surface area (Å²) in [6.45, 7) is 3.48.